The third-order valence-electron chi connectivity index (χ3n) is 9.16. The number of ether oxygens (including phenoxy) is 2. The standard InChI is InChI=1S/C39H77O11P/c1-3-5-7-9-11-13-15-16-17-18-20-21-23-25-27-29-38(43)47-32-35(33-48-51(45,46)49-34-37(42)36(41)31-40)50-39(44)30-28-26-24-22-19-14-12-10-8-6-4-2/h35-37,40-42H,3-34H2,1-2H3,(H,45,46)/t35-,36-,37-/m1/s1. The molecule has 0 aliphatic carbocycles. The van der Waals surface area contributed by atoms with E-state index >= 15 is 0 Å². The van der Waals surface area contributed by atoms with Crippen LogP contribution in [0.5, 0.6) is 0 Å². The number of esters is 2. The van der Waals surface area contributed by atoms with E-state index in [4.69, 9.17) is 23.6 Å². The summed E-state index contributed by atoms with van der Waals surface area (Å²) in [6, 6.07) is 0. The Balaban J connectivity index is 4.40. The molecule has 0 saturated heterocycles. The number of hydrogen-bond acceptors (Lipinski definition) is 10. The van der Waals surface area contributed by atoms with E-state index in [0.717, 1.165) is 38.5 Å². The summed E-state index contributed by atoms with van der Waals surface area (Å²) in [6.45, 7) is 2.01. The highest BCUT2D eigenvalue weighted by Crippen LogP contribution is 2.43. The van der Waals surface area contributed by atoms with Gasteiger partial charge < -0.3 is 29.7 Å². The molecule has 304 valence electrons. The Kier molecular flexibility index (Phi) is 35.2. The summed E-state index contributed by atoms with van der Waals surface area (Å²) in [5.41, 5.74) is 0. The molecule has 0 aliphatic heterocycles. The molecule has 0 aromatic carbocycles. The summed E-state index contributed by atoms with van der Waals surface area (Å²) >= 11 is 0. The van der Waals surface area contributed by atoms with Gasteiger partial charge in [-0.1, -0.05) is 168 Å². The molecule has 0 rings (SSSR count). The predicted octanol–water partition coefficient (Wildman–Crippen LogP) is 9.25. The van der Waals surface area contributed by atoms with Crippen molar-refractivity contribution in [3.63, 3.8) is 0 Å². The monoisotopic (exact) mass is 753 g/mol. The minimum Gasteiger partial charge on any atom is -0.462 e. The number of rotatable bonds is 39. The van der Waals surface area contributed by atoms with Gasteiger partial charge in [0.05, 0.1) is 19.8 Å². The van der Waals surface area contributed by atoms with Crippen LogP contribution in [0.15, 0.2) is 0 Å². The lowest BCUT2D eigenvalue weighted by Gasteiger charge is -2.21. The van der Waals surface area contributed by atoms with E-state index in [0.29, 0.717) is 12.8 Å². The molecule has 11 nitrogen and oxygen atoms in total. The van der Waals surface area contributed by atoms with Gasteiger partial charge in [-0.3, -0.25) is 18.6 Å². The molecule has 0 bridgehead atoms. The Hall–Kier alpha value is -1.07. The molecule has 0 radical (unpaired) electrons. The van der Waals surface area contributed by atoms with Crippen LogP contribution in [-0.4, -0.2) is 76.9 Å². The molecule has 12 heteroatoms. The van der Waals surface area contributed by atoms with Crippen LogP contribution in [0, 0.1) is 0 Å². The van der Waals surface area contributed by atoms with Crippen LogP contribution in [0.4, 0.5) is 0 Å². The number of aliphatic hydroxyl groups excluding tert-OH is 3. The van der Waals surface area contributed by atoms with Crippen molar-refractivity contribution in [3.05, 3.63) is 0 Å². The number of aliphatic hydroxyl groups is 3. The number of carbonyl (C=O) groups excluding carboxylic acids is 2. The molecule has 51 heavy (non-hydrogen) atoms. The van der Waals surface area contributed by atoms with Gasteiger partial charge >= 0.3 is 19.8 Å². The first-order valence-corrected chi connectivity index (χ1v) is 22.1. The van der Waals surface area contributed by atoms with Crippen molar-refractivity contribution in [2.75, 3.05) is 26.4 Å². The predicted molar refractivity (Wildman–Crippen MR) is 202 cm³/mol. The van der Waals surface area contributed by atoms with Gasteiger partial charge in [0, 0.05) is 12.8 Å². The lowest BCUT2D eigenvalue weighted by Crippen LogP contribution is -2.33. The Morgan fingerprint density at radius 3 is 1.25 bits per heavy atom. The van der Waals surface area contributed by atoms with Crippen molar-refractivity contribution >= 4 is 19.8 Å². The van der Waals surface area contributed by atoms with Crippen LogP contribution in [0.2, 0.25) is 0 Å². The maximum absolute atomic E-state index is 12.6. The van der Waals surface area contributed by atoms with E-state index in [1.165, 1.54) is 116 Å². The molecule has 1 unspecified atom stereocenters. The molecule has 0 heterocycles. The van der Waals surface area contributed by atoms with Crippen LogP contribution >= 0.6 is 7.82 Å². The summed E-state index contributed by atoms with van der Waals surface area (Å²) in [5.74, 6) is -0.964. The van der Waals surface area contributed by atoms with E-state index in [9.17, 15) is 29.3 Å². The number of phosphoric ester groups is 1. The van der Waals surface area contributed by atoms with Gasteiger partial charge in [0.15, 0.2) is 6.10 Å². The normalized spacial score (nSPS) is 14.5. The molecular weight excluding hydrogens is 675 g/mol. The second-order valence-electron chi connectivity index (χ2n) is 14.2. The molecule has 4 atom stereocenters. The van der Waals surface area contributed by atoms with Gasteiger partial charge in [0.25, 0.3) is 0 Å². The fourth-order valence-corrected chi connectivity index (χ4v) is 6.58. The molecular formula is C39H77O11P. The number of hydrogen-bond donors (Lipinski definition) is 4. The zero-order chi connectivity index (χ0) is 37.8. The van der Waals surface area contributed by atoms with Crippen molar-refractivity contribution < 1.29 is 52.9 Å². The first-order chi connectivity index (χ1) is 24.6. The van der Waals surface area contributed by atoms with Gasteiger partial charge in [0.2, 0.25) is 0 Å². The highest BCUT2D eigenvalue weighted by atomic mass is 31.2. The van der Waals surface area contributed by atoms with Crippen LogP contribution < -0.4 is 0 Å². The zero-order valence-electron chi connectivity index (χ0n) is 32.5. The molecule has 0 aliphatic rings. The fraction of sp³-hybridized carbons (Fsp3) is 0.949. The largest absolute Gasteiger partial charge is 0.472 e. The number of phosphoric acid groups is 1. The average Bonchev–Trinajstić information content (AvgIpc) is 3.11. The summed E-state index contributed by atoms with van der Waals surface area (Å²) in [5, 5.41) is 28.0. The van der Waals surface area contributed by atoms with Crippen LogP contribution in [0.25, 0.3) is 0 Å². The number of carbonyl (C=O) groups is 2. The smallest absolute Gasteiger partial charge is 0.462 e. The van der Waals surface area contributed by atoms with Gasteiger partial charge in [-0.15, -0.1) is 0 Å². The maximum atomic E-state index is 12.6. The Bertz CT molecular complexity index is 844. The molecule has 0 aromatic heterocycles. The van der Waals surface area contributed by atoms with Gasteiger partial charge in [-0.2, -0.15) is 0 Å². The summed E-state index contributed by atoms with van der Waals surface area (Å²) < 4.78 is 32.8. The van der Waals surface area contributed by atoms with Crippen molar-refractivity contribution in [1.82, 2.24) is 0 Å². The number of unbranched alkanes of at least 4 members (excludes halogenated alkanes) is 24. The Labute approximate surface area is 310 Å². The van der Waals surface area contributed by atoms with E-state index < -0.39 is 57.9 Å². The quantitative estimate of drug-likeness (QED) is 0.0268. The van der Waals surface area contributed by atoms with E-state index in [1.54, 1.807) is 0 Å². The highest BCUT2D eigenvalue weighted by Gasteiger charge is 2.28. The van der Waals surface area contributed by atoms with Crippen molar-refractivity contribution in [2.45, 2.75) is 212 Å². The van der Waals surface area contributed by atoms with Gasteiger partial charge in [0.1, 0.15) is 18.8 Å². The summed E-state index contributed by atoms with van der Waals surface area (Å²) in [4.78, 5) is 35.0. The molecule has 4 N–H and O–H groups in total. The molecule has 0 saturated carbocycles. The van der Waals surface area contributed by atoms with Gasteiger partial charge in [-0.05, 0) is 12.8 Å². The molecule has 0 spiro atoms. The summed E-state index contributed by atoms with van der Waals surface area (Å²) in [7, 11) is -4.72. The minimum atomic E-state index is -4.72. The Morgan fingerprint density at radius 2 is 0.863 bits per heavy atom. The van der Waals surface area contributed by atoms with Crippen molar-refractivity contribution in [3.8, 4) is 0 Å². The van der Waals surface area contributed by atoms with Crippen LogP contribution in [0.1, 0.15) is 194 Å². The Morgan fingerprint density at radius 1 is 0.510 bits per heavy atom. The third-order valence-corrected chi connectivity index (χ3v) is 10.1. The first kappa shape index (κ1) is 49.9. The summed E-state index contributed by atoms with van der Waals surface area (Å²) in [6.07, 6.45) is 27.1. The zero-order valence-corrected chi connectivity index (χ0v) is 33.3. The molecule has 0 fully saturated rings. The van der Waals surface area contributed by atoms with E-state index in [2.05, 4.69) is 13.8 Å². The van der Waals surface area contributed by atoms with E-state index in [-0.39, 0.29) is 19.4 Å². The highest BCUT2D eigenvalue weighted by molar-refractivity contribution is 7.47. The van der Waals surface area contributed by atoms with Crippen LogP contribution in [-0.2, 0) is 32.7 Å². The second-order valence-corrected chi connectivity index (χ2v) is 15.6. The average molecular weight is 753 g/mol. The minimum absolute atomic E-state index is 0.166. The lowest BCUT2D eigenvalue weighted by atomic mass is 10.0. The third kappa shape index (κ3) is 34.4. The second kappa shape index (κ2) is 35.9. The van der Waals surface area contributed by atoms with Crippen molar-refractivity contribution in [1.29, 1.82) is 0 Å². The van der Waals surface area contributed by atoms with Gasteiger partial charge in [-0.25, -0.2) is 4.57 Å². The SMILES string of the molecule is CCCCCCCCCCCCCCCCCC(=O)OC[C@H](COP(=O)(O)OC[C@@H](O)[C@H](O)CO)OC(=O)CCCCCCCCCCCCC. The topological polar surface area (TPSA) is 169 Å². The molecule has 0 aromatic rings. The first-order valence-electron chi connectivity index (χ1n) is 20.6. The lowest BCUT2D eigenvalue weighted by molar-refractivity contribution is -0.161. The molecule has 0 amide bonds. The van der Waals surface area contributed by atoms with E-state index in [1.807, 2.05) is 0 Å². The van der Waals surface area contributed by atoms with Crippen LogP contribution in [0.3, 0.4) is 0 Å². The van der Waals surface area contributed by atoms with Crippen molar-refractivity contribution in [2.24, 2.45) is 0 Å². The maximum Gasteiger partial charge on any atom is 0.472 e. The fourth-order valence-electron chi connectivity index (χ4n) is 5.81.